The van der Waals surface area contributed by atoms with E-state index in [1.165, 1.54) is 5.56 Å². The molecule has 1 aromatic carbocycles. The molecule has 0 radical (unpaired) electrons. The Bertz CT molecular complexity index is 596. The van der Waals surface area contributed by atoms with Crippen LogP contribution in [-0.2, 0) is 11.2 Å². The zero-order chi connectivity index (χ0) is 15.2. The van der Waals surface area contributed by atoms with Crippen molar-refractivity contribution < 1.29 is 4.74 Å². The molecule has 0 amide bonds. The Morgan fingerprint density at radius 3 is 2.86 bits per heavy atom. The maximum absolute atomic E-state index is 5.57. The highest BCUT2D eigenvalue weighted by Crippen LogP contribution is 2.16. The van der Waals surface area contributed by atoms with Gasteiger partial charge >= 0.3 is 0 Å². The van der Waals surface area contributed by atoms with Gasteiger partial charge in [-0.05, 0) is 37.0 Å². The molecule has 116 valence electrons. The lowest BCUT2D eigenvalue weighted by Crippen LogP contribution is -2.20. The third kappa shape index (κ3) is 3.92. The number of hydrogen-bond acceptors (Lipinski definition) is 6. The molecule has 6 heteroatoms. The Morgan fingerprint density at radius 2 is 2.14 bits per heavy atom. The molecule has 2 N–H and O–H groups in total. The second-order valence-electron chi connectivity index (χ2n) is 5.36. The first-order valence-corrected chi connectivity index (χ1v) is 7.74. The molecular formula is C16H21N5O. The molecule has 3 rings (SSSR count). The van der Waals surface area contributed by atoms with Crippen molar-refractivity contribution >= 4 is 17.5 Å². The van der Waals surface area contributed by atoms with Gasteiger partial charge in [-0.2, -0.15) is 10.1 Å². The van der Waals surface area contributed by atoms with E-state index >= 15 is 0 Å². The summed E-state index contributed by atoms with van der Waals surface area (Å²) in [5, 5.41) is 14.4. The SMILES string of the molecule is CCc1ccc(Nc2cnnc(NCC3CCCO3)n2)cc1. The Morgan fingerprint density at radius 1 is 1.27 bits per heavy atom. The minimum absolute atomic E-state index is 0.252. The molecule has 1 fully saturated rings. The first-order valence-electron chi connectivity index (χ1n) is 7.74. The minimum atomic E-state index is 0.252. The fourth-order valence-corrected chi connectivity index (χ4v) is 2.42. The van der Waals surface area contributed by atoms with Crippen LogP contribution in [0, 0.1) is 0 Å². The second-order valence-corrected chi connectivity index (χ2v) is 5.36. The zero-order valence-electron chi connectivity index (χ0n) is 12.7. The van der Waals surface area contributed by atoms with E-state index in [2.05, 4.69) is 44.9 Å². The van der Waals surface area contributed by atoms with Crippen LogP contribution < -0.4 is 10.6 Å². The van der Waals surface area contributed by atoms with Crippen LogP contribution >= 0.6 is 0 Å². The van der Waals surface area contributed by atoms with Gasteiger partial charge in [0.1, 0.15) is 0 Å². The van der Waals surface area contributed by atoms with Gasteiger partial charge in [0.15, 0.2) is 5.82 Å². The van der Waals surface area contributed by atoms with Crippen molar-refractivity contribution in [2.45, 2.75) is 32.3 Å². The fraction of sp³-hybridized carbons (Fsp3) is 0.438. The van der Waals surface area contributed by atoms with Gasteiger partial charge in [0.05, 0.1) is 12.3 Å². The van der Waals surface area contributed by atoms with Crippen molar-refractivity contribution in [1.29, 1.82) is 0 Å². The summed E-state index contributed by atoms with van der Waals surface area (Å²) in [7, 11) is 0. The molecule has 1 aromatic heterocycles. The van der Waals surface area contributed by atoms with Gasteiger partial charge in [-0.15, -0.1) is 5.10 Å². The van der Waals surface area contributed by atoms with E-state index in [9.17, 15) is 0 Å². The van der Waals surface area contributed by atoms with E-state index in [0.29, 0.717) is 11.8 Å². The average molecular weight is 299 g/mol. The first-order chi connectivity index (χ1) is 10.8. The van der Waals surface area contributed by atoms with E-state index in [1.54, 1.807) is 6.20 Å². The van der Waals surface area contributed by atoms with Crippen molar-refractivity contribution in [1.82, 2.24) is 15.2 Å². The van der Waals surface area contributed by atoms with Gasteiger partial charge in [0.2, 0.25) is 5.95 Å². The van der Waals surface area contributed by atoms with Gasteiger partial charge in [-0.3, -0.25) is 0 Å². The molecule has 1 aliphatic heterocycles. The highest BCUT2D eigenvalue weighted by atomic mass is 16.5. The number of hydrogen-bond donors (Lipinski definition) is 2. The van der Waals surface area contributed by atoms with E-state index < -0.39 is 0 Å². The fourth-order valence-electron chi connectivity index (χ4n) is 2.42. The van der Waals surface area contributed by atoms with Crippen LogP contribution in [-0.4, -0.2) is 34.4 Å². The maximum Gasteiger partial charge on any atom is 0.244 e. The molecule has 0 saturated carbocycles. The second kappa shape index (κ2) is 7.17. The number of rotatable bonds is 6. The molecule has 22 heavy (non-hydrogen) atoms. The molecule has 1 atom stereocenters. The Balaban J connectivity index is 1.59. The summed E-state index contributed by atoms with van der Waals surface area (Å²) in [4.78, 5) is 4.42. The number of aryl methyl sites for hydroxylation is 1. The zero-order valence-corrected chi connectivity index (χ0v) is 12.7. The van der Waals surface area contributed by atoms with Crippen LogP contribution in [0.3, 0.4) is 0 Å². The largest absolute Gasteiger partial charge is 0.376 e. The monoisotopic (exact) mass is 299 g/mol. The summed E-state index contributed by atoms with van der Waals surface area (Å²) in [6.45, 7) is 3.71. The Kier molecular flexibility index (Phi) is 4.80. The average Bonchev–Trinajstić information content (AvgIpc) is 3.08. The molecule has 0 aliphatic carbocycles. The number of nitrogens with one attached hydrogen (secondary N) is 2. The normalized spacial score (nSPS) is 17.4. The first kappa shape index (κ1) is 14.7. The van der Waals surface area contributed by atoms with Crippen LogP contribution in [0.5, 0.6) is 0 Å². The summed E-state index contributed by atoms with van der Waals surface area (Å²) in [6.07, 6.45) is 5.11. The van der Waals surface area contributed by atoms with Crippen molar-refractivity contribution in [2.24, 2.45) is 0 Å². The van der Waals surface area contributed by atoms with Crippen molar-refractivity contribution in [3.8, 4) is 0 Å². The lowest BCUT2D eigenvalue weighted by Gasteiger charge is -2.11. The van der Waals surface area contributed by atoms with Gasteiger partial charge in [0.25, 0.3) is 0 Å². The van der Waals surface area contributed by atoms with Crippen LogP contribution in [0.1, 0.15) is 25.3 Å². The van der Waals surface area contributed by atoms with Crippen LogP contribution in [0.2, 0.25) is 0 Å². The van der Waals surface area contributed by atoms with Crippen molar-refractivity contribution in [3.05, 3.63) is 36.0 Å². The van der Waals surface area contributed by atoms with Gasteiger partial charge in [-0.1, -0.05) is 19.1 Å². The van der Waals surface area contributed by atoms with Crippen LogP contribution in [0.15, 0.2) is 30.5 Å². The maximum atomic E-state index is 5.57. The predicted molar refractivity (Wildman–Crippen MR) is 86.4 cm³/mol. The number of anilines is 3. The molecule has 1 aliphatic rings. The third-order valence-electron chi connectivity index (χ3n) is 3.71. The molecular weight excluding hydrogens is 278 g/mol. The Labute approximate surface area is 130 Å². The topological polar surface area (TPSA) is 72.0 Å². The smallest absolute Gasteiger partial charge is 0.244 e. The highest BCUT2D eigenvalue weighted by molar-refractivity contribution is 5.56. The summed E-state index contributed by atoms with van der Waals surface area (Å²) < 4.78 is 5.57. The molecule has 1 saturated heterocycles. The van der Waals surface area contributed by atoms with Crippen LogP contribution in [0.25, 0.3) is 0 Å². The lowest BCUT2D eigenvalue weighted by atomic mass is 10.1. The van der Waals surface area contributed by atoms with Gasteiger partial charge in [0, 0.05) is 18.8 Å². The number of nitrogens with zero attached hydrogens (tertiary/aromatic N) is 3. The molecule has 0 bridgehead atoms. The lowest BCUT2D eigenvalue weighted by molar-refractivity contribution is 0.120. The summed E-state index contributed by atoms with van der Waals surface area (Å²) >= 11 is 0. The number of ether oxygens (including phenoxy) is 1. The molecule has 0 spiro atoms. The molecule has 2 aromatic rings. The third-order valence-corrected chi connectivity index (χ3v) is 3.71. The van der Waals surface area contributed by atoms with Crippen molar-refractivity contribution in [2.75, 3.05) is 23.8 Å². The minimum Gasteiger partial charge on any atom is -0.376 e. The summed E-state index contributed by atoms with van der Waals surface area (Å²) in [5.74, 6) is 1.19. The van der Waals surface area contributed by atoms with E-state index in [-0.39, 0.29) is 6.10 Å². The molecule has 1 unspecified atom stereocenters. The van der Waals surface area contributed by atoms with Gasteiger partial charge < -0.3 is 15.4 Å². The molecule has 6 nitrogen and oxygen atoms in total. The summed E-state index contributed by atoms with van der Waals surface area (Å²) in [6, 6.07) is 8.29. The van der Waals surface area contributed by atoms with Crippen LogP contribution in [0.4, 0.5) is 17.5 Å². The van der Waals surface area contributed by atoms with E-state index in [0.717, 1.165) is 38.1 Å². The summed E-state index contributed by atoms with van der Waals surface area (Å²) in [5.41, 5.74) is 2.30. The predicted octanol–water partition coefficient (Wildman–Crippen LogP) is 2.77. The standard InChI is InChI=1S/C16H21N5O/c1-2-12-5-7-13(8-6-12)19-15-11-18-21-16(20-15)17-10-14-4-3-9-22-14/h5-8,11,14H,2-4,9-10H2,1H3,(H2,17,19,20,21). The Hall–Kier alpha value is -2.21. The quantitative estimate of drug-likeness (QED) is 0.854. The molecule has 2 heterocycles. The van der Waals surface area contributed by atoms with Gasteiger partial charge in [-0.25, -0.2) is 0 Å². The number of benzene rings is 1. The van der Waals surface area contributed by atoms with Crippen molar-refractivity contribution in [3.63, 3.8) is 0 Å². The van der Waals surface area contributed by atoms with E-state index in [4.69, 9.17) is 4.74 Å². The van der Waals surface area contributed by atoms with E-state index in [1.807, 2.05) is 12.1 Å². The number of aromatic nitrogens is 3. The highest BCUT2D eigenvalue weighted by Gasteiger charge is 2.15.